The Hall–Kier alpha value is -7.22. The van der Waals surface area contributed by atoms with Crippen LogP contribution < -0.4 is 0 Å². The zero-order valence-electron chi connectivity index (χ0n) is 49.1. The summed E-state index contributed by atoms with van der Waals surface area (Å²) in [6.07, 6.45) is 0. The summed E-state index contributed by atoms with van der Waals surface area (Å²) in [5.41, 5.74) is -1.29. The Morgan fingerprint density at radius 3 is 1.64 bits per heavy atom. The van der Waals surface area contributed by atoms with Crippen molar-refractivity contribution in [3.63, 3.8) is 0 Å². The minimum absolute atomic E-state index is 0.137. The molecule has 0 N–H and O–H groups in total. The van der Waals surface area contributed by atoms with Crippen LogP contribution in [0.25, 0.3) is 131 Å². The Balaban J connectivity index is 1.28. The van der Waals surface area contributed by atoms with Gasteiger partial charge in [-0.05, 0) is 128 Å². The van der Waals surface area contributed by atoms with Gasteiger partial charge >= 0.3 is 0 Å². The monoisotopic (exact) mass is 715 g/mol. The van der Waals surface area contributed by atoms with E-state index >= 15 is 0 Å². The summed E-state index contributed by atoms with van der Waals surface area (Å²) in [5.74, 6) is 0. The molecule has 0 spiro atoms. The van der Waals surface area contributed by atoms with Gasteiger partial charge in [0, 0.05) is 16.2 Å². The molecule has 1 aromatic heterocycles. The maximum Gasteiger partial charge on any atom is 0.143 e. The Morgan fingerprint density at radius 1 is 0.345 bits per heavy atom. The van der Waals surface area contributed by atoms with Crippen LogP contribution in [0.15, 0.2) is 186 Å². The summed E-state index contributed by atoms with van der Waals surface area (Å²) in [6, 6.07) is 1.31. The first kappa shape index (κ1) is 16.0. The number of hydrogen-bond acceptors (Lipinski definition) is 1. The summed E-state index contributed by atoms with van der Waals surface area (Å²) in [4.78, 5) is 0. The second kappa shape index (κ2) is 10.7. The molecule has 0 bridgehead atoms. The van der Waals surface area contributed by atoms with E-state index in [0.717, 1.165) is 10.8 Å². The fourth-order valence-corrected chi connectivity index (χ4v) is 8.10. The van der Waals surface area contributed by atoms with Gasteiger partial charge in [0.2, 0.25) is 0 Å². The molecule has 0 aliphatic rings. The predicted molar refractivity (Wildman–Crippen MR) is 235 cm³/mol. The van der Waals surface area contributed by atoms with Crippen LogP contribution in [0.3, 0.4) is 0 Å². The van der Waals surface area contributed by atoms with Crippen LogP contribution in [-0.4, -0.2) is 0 Å². The van der Waals surface area contributed by atoms with E-state index in [2.05, 4.69) is 0 Å². The van der Waals surface area contributed by atoms with Gasteiger partial charge in [0.15, 0.2) is 0 Å². The molecule has 12 aromatic carbocycles. The van der Waals surface area contributed by atoms with Crippen molar-refractivity contribution in [2.75, 3.05) is 0 Å². The van der Waals surface area contributed by atoms with Gasteiger partial charge in [0.25, 0.3) is 0 Å². The van der Waals surface area contributed by atoms with Crippen molar-refractivity contribution in [2.45, 2.75) is 0 Å². The summed E-state index contributed by atoms with van der Waals surface area (Å²) >= 11 is 0. The van der Waals surface area contributed by atoms with E-state index in [4.69, 9.17) is 16.8 Å². The average Bonchev–Trinajstić information content (AvgIpc) is 3.92. The van der Waals surface area contributed by atoms with Crippen molar-refractivity contribution in [3.8, 4) is 33.4 Å². The molecule has 0 amide bonds. The maximum absolute atomic E-state index is 10.5. The molecule has 13 rings (SSSR count). The molecule has 55 heavy (non-hydrogen) atoms. The highest BCUT2D eigenvalue weighted by atomic mass is 16.3. The molecule has 1 heterocycles. The molecule has 13 aromatic rings. The van der Waals surface area contributed by atoms with E-state index in [1.54, 1.807) is 12.1 Å². The largest absolute Gasteiger partial charge is 0.455 e. The van der Waals surface area contributed by atoms with Crippen LogP contribution >= 0.6 is 0 Å². The fraction of sp³-hybridized carbons (Fsp3) is 0. The number of hydrogen-bond donors (Lipinski definition) is 0. The van der Waals surface area contributed by atoms with E-state index in [9.17, 15) is 16.4 Å². The average molecular weight is 716 g/mol. The van der Waals surface area contributed by atoms with Crippen LogP contribution in [0, 0.1) is 0 Å². The van der Waals surface area contributed by atoms with Gasteiger partial charge < -0.3 is 4.42 Å². The van der Waals surface area contributed by atoms with Gasteiger partial charge in [-0.15, -0.1) is 0 Å². The standard InChI is InChI=1S/C54H30O/c1-2-10-42-31(5-1)15-27-46-48-30-39(21-28-49(48)55-54(42)46)41-23-20-38(40-22-16-36-13-11-32-6-3-8-34-18-25-44(40)52(36)50(32)34)29-47(41)43-24-17-37-14-12-33-7-4-9-35-19-26-45(43)53(37)51(33)35/h1-30H/i3D,4D,6D,7D,8D,9D,11D,12D,13D,14D,16D,17D,18D,19D,20D,22D,23D,24D,25D,26D,29D. The van der Waals surface area contributed by atoms with Crippen LogP contribution in [0.2, 0.25) is 0 Å². The third kappa shape index (κ3) is 4.02. The minimum atomic E-state index is -0.820. The molecule has 0 fully saturated rings. The molecule has 252 valence electrons. The molecule has 1 nitrogen and oxygen atoms in total. The lowest BCUT2D eigenvalue weighted by molar-refractivity contribution is 0.672. The normalized spacial score (nSPS) is 17.7. The molecule has 1 heteroatoms. The van der Waals surface area contributed by atoms with Crippen molar-refractivity contribution >= 4 is 97.3 Å². The van der Waals surface area contributed by atoms with Crippen molar-refractivity contribution in [1.29, 1.82) is 0 Å². The lowest BCUT2D eigenvalue weighted by atomic mass is 9.84. The van der Waals surface area contributed by atoms with E-state index < -0.39 is 155 Å². The smallest absolute Gasteiger partial charge is 0.143 e. The third-order valence-corrected chi connectivity index (χ3v) is 10.6. The van der Waals surface area contributed by atoms with Crippen molar-refractivity contribution in [1.82, 2.24) is 0 Å². The summed E-state index contributed by atoms with van der Waals surface area (Å²) in [6.45, 7) is 0. The van der Waals surface area contributed by atoms with Crippen molar-refractivity contribution < 1.29 is 33.2 Å². The molecule has 0 aliphatic carbocycles. The van der Waals surface area contributed by atoms with E-state index in [1.165, 1.54) is 6.07 Å². The Kier molecular flexibility index (Phi) is 3.11. The Morgan fingerprint density at radius 2 is 0.927 bits per heavy atom. The minimum Gasteiger partial charge on any atom is -0.455 e. The second-order valence-corrected chi connectivity index (χ2v) is 13.5. The number of fused-ring (bicyclic) bond motifs is 5. The Labute approximate surface area is 345 Å². The molecule has 0 unspecified atom stereocenters. The Bertz CT molecular complexity index is 4900. The van der Waals surface area contributed by atoms with Gasteiger partial charge in [-0.25, -0.2) is 0 Å². The molecule has 0 radical (unpaired) electrons. The van der Waals surface area contributed by atoms with Gasteiger partial charge in [-0.2, -0.15) is 0 Å². The quantitative estimate of drug-likeness (QED) is 0.166. The van der Waals surface area contributed by atoms with Gasteiger partial charge in [0.1, 0.15) is 11.2 Å². The summed E-state index contributed by atoms with van der Waals surface area (Å²) in [7, 11) is 0. The van der Waals surface area contributed by atoms with Crippen LogP contribution in [-0.2, 0) is 0 Å². The second-order valence-electron chi connectivity index (χ2n) is 13.5. The molecule has 0 aliphatic heterocycles. The summed E-state index contributed by atoms with van der Waals surface area (Å²) in [5, 5.41) is -0.955. The van der Waals surface area contributed by atoms with Crippen LogP contribution in [0.1, 0.15) is 28.8 Å². The summed E-state index contributed by atoms with van der Waals surface area (Å²) < 4.78 is 202. The van der Waals surface area contributed by atoms with Gasteiger partial charge in [-0.3, -0.25) is 0 Å². The number of furan rings is 1. The van der Waals surface area contributed by atoms with Crippen LogP contribution in [0.5, 0.6) is 0 Å². The SMILES string of the molecule is [2H]c1c([2H])c(-c2ccc3oc4c5ccccc5ccc4c3c2)c(-c2c([2H])c([2H])c3c([2H])c([2H])c4c([2H])c([2H])c([2H])c5c([2H])c([2H])c2c3c45)c([2H])c1-c1c([2H])c([2H])c2c([2H])c([2H])c3c([2H])c([2H])c([2H])c4c([2H])c([2H])c1c2c34. The zero-order chi connectivity index (χ0) is 54.1. The first-order chi connectivity index (χ1) is 36.0. The molecular weight excluding hydrogens is 665 g/mol. The zero-order valence-corrected chi connectivity index (χ0v) is 28.1. The molecular formula is C54H30O. The van der Waals surface area contributed by atoms with E-state index in [1.807, 2.05) is 36.4 Å². The van der Waals surface area contributed by atoms with E-state index in [-0.39, 0.29) is 70.4 Å². The first-order valence-electron chi connectivity index (χ1n) is 27.9. The maximum atomic E-state index is 10.5. The van der Waals surface area contributed by atoms with Crippen molar-refractivity contribution in [2.24, 2.45) is 0 Å². The predicted octanol–water partition coefficient (Wildman–Crippen LogP) is 15.5. The van der Waals surface area contributed by atoms with E-state index in [0.29, 0.717) is 21.9 Å². The third-order valence-electron chi connectivity index (χ3n) is 10.6. The lowest BCUT2D eigenvalue weighted by Crippen LogP contribution is -1.92. The highest BCUT2D eigenvalue weighted by molar-refractivity contribution is 6.27. The highest BCUT2D eigenvalue weighted by Gasteiger charge is 2.19. The van der Waals surface area contributed by atoms with Crippen molar-refractivity contribution in [3.05, 3.63) is 181 Å². The number of benzene rings is 12. The topological polar surface area (TPSA) is 13.1 Å². The first-order valence-corrected chi connectivity index (χ1v) is 17.4. The molecule has 0 saturated carbocycles. The van der Waals surface area contributed by atoms with Gasteiger partial charge in [-0.1, -0.05) is 157 Å². The van der Waals surface area contributed by atoms with Gasteiger partial charge in [0.05, 0.1) is 28.8 Å². The van der Waals surface area contributed by atoms with Crippen LogP contribution in [0.4, 0.5) is 0 Å². The lowest BCUT2D eigenvalue weighted by Gasteiger charge is -2.19. The molecule has 0 atom stereocenters. The number of rotatable bonds is 3. The highest BCUT2D eigenvalue weighted by Crippen LogP contribution is 2.46. The fourth-order valence-electron chi connectivity index (χ4n) is 8.10. The molecule has 0 saturated heterocycles.